The monoisotopic (exact) mass is 250 g/mol. The lowest BCUT2D eigenvalue weighted by molar-refractivity contribution is -0.144. The van der Waals surface area contributed by atoms with Crippen LogP contribution in [-0.2, 0) is 19.1 Å². The number of carbonyl (C=O) groups excluding carboxylic acids is 2. The van der Waals surface area contributed by atoms with Gasteiger partial charge in [0.25, 0.3) is 0 Å². The Hall–Kier alpha value is -1.84. The first kappa shape index (κ1) is 14.2. The highest BCUT2D eigenvalue weighted by Crippen LogP contribution is 2.20. The van der Waals surface area contributed by atoms with Crippen molar-refractivity contribution in [3.8, 4) is 0 Å². The van der Waals surface area contributed by atoms with E-state index in [2.05, 4.69) is 0 Å². The highest BCUT2D eigenvalue weighted by Gasteiger charge is 2.13. The van der Waals surface area contributed by atoms with Crippen LogP contribution < -0.4 is 0 Å². The van der Waals surface area contributed by atoms with Gasteiger partial charge in [-0.25, -0.2) is 0 Å². The van der Waals surface area contributed by atoms with Crippen LogP contribution in [0.5, 0.6) is 0 Å². The first-order valence-corrected chi connectivity index (χ1v) is 5.91. The van der Waals surface area contributed by atoms with Crippen LogP contribution in [0.1, 0.15) is 31.7 Å². The predicted molar refractivity (Wildman–Crippen MR) is 67.1 cm³/mol. The van der Waals surface area contributed by atoms with Crippen LogP contribution in [0.15, 0.2) is 30.3 Å². The van der Waals surface area contributed by atoms with Crippen molar-refractivity contribution in [2.45, 2.75) is 26.2 Å². The second-order valence-electron chi connectivity index (χ2n) is 4.04. The molecule has 18 heavy (non-hydrogen) atoms. The number of esters is 2. The van der Waals surface area contributed by atoms with Gasteiger partial charge in [-0.3, -0.25) is 9.59 Å². The molecule has 1 aromatic rings. The molecule has 0 radical (unpaired) electrons. The summed E-state index contributed by atoms with van der Waals surface area (Å²) < 4.78 is 9.96. The van der Waals surface area contributed by atoms with Gasteiger partial charge in [0.05, 0.1) is 13.2 Å². The van der Waals surface area contributed by atoms with Crippen LogP contribution in [0.25, 0.3) is 0 Å². The van der Waals surface area contributed by atoms with Gasteiger partial charge in [-0.15, -0.1) is 0 Å². The summed E-state index contributed by atoms with van der Waals surface area (Å²) in [4.78, 5) is 21.6. The minimum Gasteiger partial charge on any atom is -0.466 e. The SMILES string of the molecule is CC(=O)OCC[C@@H](COC(C)=O)c1ccccc1. The molecule has 0 heterocycles. The van der Waals surface area contributed by atoms with E-state index < -0.39 is 0 Å². The maximum absolute atomic E-state index is 10.9. The fourth-order valence-corrected chi connectivity index (χ4v) is 1.63. The Morgan fingerprint density at radius 2 is 1.67 bits per heavy atom. The summed E-state index contributed by atoms with van der Waals surface area (Å²) in [5.41, 5.74) is 1.07. The van der Waals surface area contributed by atoms with Crippen molar-refractivity contribution in [3.63, 3.8) is 0 Å². The van der Waals surface area contributed by atoms with E-state index in [0.717, 1.165) is 5.56 Å². The Labute approximate surface area is 107 Å². The Morgan fingerprint density at radius 3 is 2.22 bits per heavy atom. The molecular formula is C14H18O4. The average Bonchev–Trinajstić information content (AvgIpc) is 2.34. The molecule has 4 heteroatoms. The molecule has 1 atom stereocenters. The molecule has 0 aliphatic carbocycles. The van der Waals surface area contributed by atoms with Crippen molar-refractivity contribution in [3.05, 3.63) is 35.9 Å². The summed E-state index contributed by atoms with van der Waals surface area (Å²) >= 11 is 0. The summed E-state index contributed by atoms with van der Waals surface area (Å²) in [6, 6.07) is 9.74. The molecule has 0 amide bonds. The second kappa shape index (κ2) is 7.48. The van der Waals surface area contributed by atoms with Crippen molar-refractivity contribution in [1.29, 1.82) is 0 Å². The average molecular weight is 250 g/mol. The largest absolute Gasteiger partial charge is 0.466 e. The molecule has 0 N–H and O–H groups in total. The summed E-state index contributed by atoms with van der Waals surface area (Å²) in [6.07, 6.45) is 0.636. The third-order valence-electron chi connectivity index (χ3n) is 2.53. The highest BCUT2D eigenvalue weighted by atomic mass is 16.5. The van der Waals surface area contributed by atoms with Gasteiger partial charge in [0.1, 0.15) is 0 Å². The molecule has 0 saturated heterocycles. The van der Waals surface area contributed by atoms with Crippen LogP contribution in [0.3, 0.4) is 0 Å². The number of hydrogen-bond acceptors (Lipinski definition) is 4. The number of carbonyl (C=O) groups is 2. The van der Waals surface area contributed by atoms with Crippen molar-refractivity contribution < 1.29 is 19.1 Å². The van der Waals surface area contributed by atoms with Gasteiger partial charge in [-0.05, 0) is 12.0 Å². The van der Waals surface area contributed by atoms with Crippen molar-refractivity contribution in [2.75, 3.05) is 13.2 Å². The molecular weight excluding hydrogens is 232 g/mol. The van der Waals surface area contributed by atoms with E-state index in [-0.39, 0.29) is 17.9 Å². The number of hydrogen-bond donors (Lipinski definition) is 0. The molecule has 1 aromatic carbocycles. The molecule has 0 unspecified atom stereocenters. The van der Waals surface area contributed by atoms with E-state index in [1.54, 1.807) is 0 Å². The summed E-state index contributed by atoms with van der Waals surface area (Å²) in [5, 5.41) is 0. The third kappa shape index (κ3) is 5.48. The van der Waals surface area contributed by atoms with Crippen LogP contribution in [-0.4, -0.2) is 25.2 Å². The number of rotatable bonds is 6. The van der Waals surface area contributed by atoms with Crippen molar-refractivity contribution in [2.24, 2.45) is 0 Å². The fourth-order valence-electron chi connectivity index (χ4n) is 1.63. The summed E-state index contributed by atoms with van der Waals surface area (Å²) in [7, 11) is 0. The van der Waals surface area contributed by atoms with E-state index in [0.29, 0.717) is 19.6 Å². The standard InChI is InChI=1S/C14H18O4/c1-11(15)17-9-8-14(10-18-12(2)16)13-6-4-3-5-7-13/h3-7,14H,8-10H2,1-2H3/t14-/m0/s1. The van der Waals surface area contributed by atoms with Crippen LogP contribution in [0.4, 0.5) is 0 Å². The van der Waals surface area contributed by atoms with E-state index in [9.17, 15) is 9.59 Å². The Kier molecular flexibility index (Phi) is 5.91. The minimum absolute atomic E-state index is 0.0504. The molecule has 0 saturated carbocycles. The molecule has 1 rings (SSSR count). The quantitative estimate of drug-likeness (QED) is 0.727. The highest BCUT2D eigenvalue weighted by molar-refractivity contribution is 5.66. The maximum atomic E-state index is 10.9. The number of benzene rings is 1. The van der Waals surface area contributed by atoms with Gasteiger partial charge in [-0.2, -0.15) is 0 Å². The lowest BCUT2D eigenvalue weighted by atomic mass is 9.97. The van der Waals surface area contributed by atoms with Gasteiger partial charge >= 0.3 is 11.9 Å². The summed E-state index contributed by atoms with van der Waals surface area (Å²) in [6.45, 7) is 3.40. The summed E-state index contributed by atoms with van der Waals surface area (Å²) in [5.74, 6) is -0.549. The van der Waals surface area contributed by atoms with Crippen LogP contribution in [0, 0.1) is 0 Å². The van der Waals surface area contributed by atoms with Crippen molar-refractivity contribution >= 4 is 11.9 Å². The van der Waals surface area contributed by atoms with Crippen LogP contribution >= 0.6 is 0 Å². The Balaban J connectivity index is 2.57. The predicted octanol–water partition coefficient (Wildman–Crippen LogP) is 2.29. The number of ether oxygens (including phenoxy) is 2. The van der Waals surface area contributed by atoms with Gasteiger partial charge in [0, 0.05) is 19.8 Å². The molecule has 0 aromatic heterocycles. The smallest absolute Gasteiger partial charge is 0.302 e. The lowest BCUT2D eigenvalue weighted by Crippen LogP contribution is -2.14. The zero-order valence-electron chi connectivity index (χ0n) is 10.7. The topological polar surface area (TPSA) is 52.6 Å². The minimum atomic E-state index is -0.302. The first-order valence-electron chi connectivity index (χ1n) is 5.91. The second-order valence-corrected chi connectivity index (χ2v) is 4.04. The first-order chi connectivity index (χ1) is 8.59. The van der Waals surface area contributed by atoms with Gasteiger partial charge in [-0.1, -0.05) is 30.3 Å². The van der Waals surface area contributed by atoms with E-state index in [4.69, 9.17) is 9.47 Å². The molecule has 0 bridgehead atoms. The molecule has 0 aliphatic heterocycles. The van der Waals surface area contributed by atoms with E-state index in [1.165, 1.54) is 13.8 Å². The zero-order chi connectivity index (χ0) is 13.4. The fraction of sp³-hybridized carbons (Fsp3) is 0.429. The molecule has 0 aliphatic rings. The van der Waals surface area contributed by atoms with Crippen molar-refractivity contribution in [1.82, 2.24) is 0 Å². The van der Waals surface area contributed by atoms with E-state index in [1.807, 2.05) is 30.3 Å². The molecule has 0 spiro atoms. The van der Waals surface area contributed by atoms with E-state index >= 15 is 0 Å². The normalized spacial score (nSPS) is 11.7. The van der Waals surface area contributed by atoms with Gasteiger partial charge < -0.3 is 9.47 Å². The van der Waals surface area contributed by atoms with Gasteiger partial charge in [0.2, 0.25) is 0 Å². The van der Waals surface area contributed by atoms with Crippen LogP contribution in [0.2, 0.25) is 0 Å². The molecule has 0 fully saturated rings. The zero-order valence-corrected chi connectivity index (χ0v) is 10.7. The third-order valence-corrected chi connectivity index (χ3v) is 2.53. The van der Waals surface area contributed by atoms with Gasteiger partial charge in [0.15, 0.2) is 0 Å². The molecule has 98 valence electrons. The lowest BCUT2D eigenvalue weighted by Gasteiger charge is -2.16. The Morgan fingerprint density at radius 1 is 1.06 bits per heavy atom. The molecule has 4 nitrogen and oxygen atoms in total. The Bertz CT molecular complexity index is 386. The maximum Gasteiger partial charge on any atom is 0.302 e.